The molecule has 0 heterocycles. The van der Waals surface area contributed by atoms with Gasteiger partial charge in [-0.05, 0) is 32.3 Å². The van der Waals surface area contributed by atoms with Crippen LogP contribution in [0.15, 0.2) is 12.1 Å². The minimum absolute atomic E-state index is 0.511. The lowest BCUT2D eigenvalue weighted by Gasteiger charge is -2.23. The van der Waals surface area contributed by atoms with Gasteiger partial charge in [-0.1, -0.05) is 17.7 Å². The number of nitrogens with two attached hydrogens (primary N) is 1. The number of ether oxygens (including phenoxy) is 1. The summed E-state index contributed by atoms with van der Waals surface area (Å²) in [5.74, 6) is -0.100. The van der Waals surface area contributed by atoms with Crippen molar-refractivity contribution in [2.75, 3.05) is 7.11 Å². The van der Waals surface area contributed by atoms with Gasteiger partial charge >= 0.3 is 5.97 Å². The fourth-order valence-electron chi connectivity index (χ4n) is 2.59. The van der Waals surface area contributed by atoms with Crippen LogP contribution in [0.4, 0.5) is 0 Å². The molecule has 0 amide bonds. The standard InChI is InChI=1S/C14H19NO3/c1-8-6-9(2)11(18-3)10(7-8)12(15)14(4-5-14)13(16)17/h6-7,12H,4-5,15H2,1-3H3,(H,16,17). The summed E-state index contributed by atoms with van der Waals surface area (Å²) in [7, 11) is 1.59. The smallest absolute Gasteiger partial charge is 0.311 e. The number of carboxylic acids is 1. The van der Waals surface area contributed by atoms with E-state index in [1.807, 2.05) is 26.0 Å². The lowest BCUT2D eigenvalue weighted by molar-refractivity contribution is -0.144. The first-order valence-corrected chi connectivity index (χ1v) is 6.06. The number of carbonyl (C=O) groups is 1. The number of methoxy groups -OCH3 is 1. The van der Waals surface area contributed by atoms with Gasteiger partial charge in [0, 0.05) is 11.6 Å². The molecular weight excluding hydrogens is 230 g/mol. The van der Waals surface area contributed by atoms with E-state index in [0.29, 0.717) is 18.6 Å². The van der Waals surface area contributed by atoms with Gasteiger partial charge in [0.2, 0.25) is 0 Å². The van der Waals surface area contributed by atoms with E-state index < -0.39 is 17.4 Å². The monoisotopic (exact) mass is 249 g/mol. The molecule has 1 unspecified atom stereocenters. The largest absolute Gasteiger partial charge is 0.496 e. The molecule has 0 bridgehead atoms. The van der Waals surface area contributed by atoms with Gasteiger partial charge in [0.1, 0.15) is 5.75 Å². The molecule has 4 heteroatoms. The van der Waals surface area contributed by atoms with Gasteiger partial charge in [0.15, 0.2) is 0 Å². The van der Waals surface area contributed by atoms with Crippen molar-refractivity contribution >= 4 is 5.97 Å². The topological polar surface area (TPSA) is 72.5 Å². The zero-order valence-corrected chi connectivity index (χ0v) is 11.0. The number of hydrogen-bond donors (Lipinski definition) is 2. The fourth-order valence-corrected chi connectivity index (χ4v) is 2.59. The predicted molar refractivity (Wildman–Crippen MR) is 68.7 cm³/mol. The van der Waals surface area contributed by atoms with Gasteiger partial charge in [-0.25, -0.2) is 0 Å². The maximum atomic E-state index is 11.3. The van der Waals surface area contributed by atoms with Gasteiger partial charge in [-0.2, -0.15) is 0 Å². The van der Waals surface area contributed by atoms with Crippen LogP contribution in [-0.2, 0) is 4.79 Å². The van der Waals surface area contributed by atoms with Crippen LogP contribution in [0.3, 0.4) is 0 Å². The summed E-state index contributed by atoms with van der Waals surface area (Å²) in [5.41, 5.74) is 8.25. The summed E-state index contributed by atoms with van der Waals surface area (Å²) in [5, 5.41) is 9.32. The molecule has 0 saturated heterocycles. The highest BCUT2D eigenvalue weighted by Gasteiger charge is 2.56. The van der Waals surface area contributed by atoms with Crippen molar-refractivity contribution in [3.05, 3.63) is 28.8 Å². The molecule has 1 aliphatic rings. The number of rotatable bonds is 4. The number of hydrogen-bond acceptors (Lipinski definition) is 3. The lowest BCUT2D eigenvalue weighted by Crippen LogP contribution is -2.30. The summed E-state index contributed by atoms with van der Waals surface area (Å²) >= 11 is 0. The Morgan fingerprint density at radius 2 is 2.06 bits per heavy atom. The molecule has 0 spiro atoms. The molecule has 0 aromatic heterocycles. The predicted octanol–water partition coefficient (Wildman–Crippen LogP) is 2.18. The van der Waals surface area contributed by atoms with Crippen LogP contribution in [0, 0.1) is 19.3 Å². The minimum Gasteiger partial charge on any atom is -0.496 e. The first-order valence-electron chi connectivity index (χ1n) is 6.06. The van der Waals surface area contributed by atoms with Crippen LogP contribution in [-0.4, -0.2) is 18.2 Å². The summed E-state index contributed by atoms with van der Waals surface area (Å²) < 4.78 is 5.38. The lowest BCUT2D eigenvalue weighted by atomic mass is 9.88. The molecular formula is C14H19NO3. The molecule has 1 saturated carbocycles. The third kappa shape index (κ3) is 1.86. The second-order valence-corrected chi connectivity index (χ2v) is 5.14. The molecule has 4 nitrogen and oxygen atoms in total. The maximum absolute atomic E-state index is 11.3. The van der Waals surface area contributed by atoms with Gasteiger partial charge < -0.3 is 15.6 Å². The Bertz CT molecular complexity index is 492. The normalized spacial score (nSPS) is 18.2. The Hall–Kier alpha value is -1.55. The van der Waals surface area contributed by atoms with Crippen molar-refractivity contribution in [2.45, 2.75) is 32.7 Å². The van der Waals surface area contributed by atoms with Crippen molar-refractivity contribution in [3.8, 4) is 5.75 Å². The highest BCUT2D eigenvalue weighted by Crippen LogP contribution is 2.55. The molecule has 3 N–H and O–H groups in total. The number of carboxylic acid groups (broad SMARTS) is 1. The molecule has 18 heavy (non-hydrogen) atoms. The van der Waals surface area contributed by atoms with Gasteiger partial charge in [-0.15, -0.1) is 0 Å². The van der Waals surface area contributed by atoms with E-state index in [1.165, 1.54) is 0 Å². The second-order valence-electron chi connectivity index (χ2n) is 5.14. The average Bonchev–Trinajstić information content (AvgIpc) is 3.08. The Balaban J connectivity index is 2.48. The van der Waals surface area contributed by atoms with E-state index in [-0.39, 0.29) is 0 Å². The highest BCUT2D eigenvalue weighted by molar-refractivity contribution is 5.79. The second kappa shape index (κ2) is 4.28. The maximum Gasteiger partial charge on any atom is 0.311 e. The number of aryl methyl sites for hydroxylation is 2. The first kappa shape index (κ1) is 12.9. The summed E-state index contributed by atoms with van der Waals surface area (Å²) in [4.78, 5) is 11.3. The van der Waals surface area contributed by atoms with Crippen molar-refractivity contribution in [1.29, 1.82) is 0 Å². The minimum atomic E-state index is -0.809. The van der Waals surface area contributed by atoms with Crippen molar-refractivity contribution in [2.24, 2.45) is 11.1 Å². The van der Waals surface area contributed by atoms with E-state index in [0.717, 1.165) is 16.7 Å². The molecule has 1 aromatic rings. The third-order valence-electron chi connectivity index (χ3n) is 3.80. The molecule has 0 radical (unpaired) electrons. The Kier molecular flexibility index (Phi) is 3.07. The molecule has 1 aromatic carbocycles. The summed E-state index contributed by atoms with van der Waals surface area (Å²) in [6.45, 7) is 3.92. The van der Waals surface area contributed by atoms with Gasteiger partial charge in [-0.3, -0.25) is 4.79 Å². The zero-order chi connectivity index (χ0) is 13.5. The molecule has 1 atom stereocenters. The van der Waals surface area contributed by atoms with Gasteiger partial charge in [0.05, 0.1) is 12.5 Å². The quantitative estimate of drug-likeness (QED) is 0.857. The third-order valence-corrected chi connectivity index (χ3v) is 3.80. The number of aliphatic carboxylic acids is 1. The molecule has 1 aliphatic carbocycles. The Morgan fingerprint density at radius 3 is 2.50 bits per heavy atom. The van der Waals surface area contributed by atoms with Gasteiger partial charge in [0.25, 0.3) is 0 Å². The zero-order valence-electron chi connectivity index (χ0n) is 11.0. The summed E-state index contributed by atoms with van der Waals surface area (Å²) in [6, 6.07) is 3.43. The fraction of sp³-hybridized carbons (Fsp3) is 0.500. The van der Waals surface area contributed by atoms with Crippen LogP contribution in [0.5, 0.6) is 5.75 Å². The van der Waals surface area contributed by atoms with E-state index in [2.05, 4.69) is 0 Å². The average molecular weight is 249 g/mol. The van der Waals surface area contributed by atoms with E-state index in [4.69, 9.17) is 10.5 Å². The molecule has 0 aliphatic heterocycles. The molecule has 98 valence electrons. The van der Waals surface area contributed by atoms with Crippen molar-refractivity contribution in [3.63, 3.8) is 0 Å². The van der Waals surface area contributed by atoms with Crippen LogP contribution in [0.2, 0.25) is 0 Å². The molecule has 1 fully saturated rings. The van der Waals surface area contributed by atoms with Crippen LogP contribution in [0.25, 0.3) is 0 Å². The van der Waals surface area contributed by atoms with Crippen molar-refractivity contribution < 1.29 is 14.6 Å². The first-order chi connectivity index (χ1) is 8.42. The van der Waals surface area contributed by atoms with E-state index in [9.17, 15) is 9.90 Å². The van der Waals surface area contributed by atoms with Crippen LogP contribution >= 0.6 is 0 Å². The molecule has 2 rings (SSSR count). The van der Waals surface area contributed by atoms with E-state index in [1.54, 1.807) is 7.11 Å². The Morgan fingerprint density at radius 1 is 1.44 bits per heavy atom. The van der Waals surface area contributed by atoms with Crippen LogP contribution < -0.4 is 10.5 Å². The highest BCUT2D eigenvalue weighted by atomic mass is 16.5. The van der Waals surface area contributed by atoms with E-state index >= 15 is 0 Å². The SMILES string of the molecule is COc1c(C)cc(C)cc1C(N)C1(C(=O)O)CC1. The Labute approximate surface area is 107 Å². The summed E-state index contributed by atoms with van der Waals surface area (Å²) in [6.07, 6.45) is 1.28. The number of benzene rings is 1. The van der Waals surface area contributed by atoms with Crippen LogP contribution in [0.1, 0.15) is 35.6 Å². The van der Waals surface area contributed by atoms with Crippen molar-refractivity contribution in [1.82, 2.24) is 0 Å².